The summed E-state index contributed by atoms with van der Waals surface area (Å²) in [7, 11) is 0. The summed E-state index contributed by atoms with van der Waals surface area (Å²) < 4.78 is 7.03. The summed E-state index contributed by atoms with van der Waals surface area (Å²) in [5, 5.41) is 37.4. The number of hydrogen-bond donors (Lipinski definition) is 8. The first-order valence-electron chi connectivity index (χ1n) is 15.5. The SMILES string of the molecule is CCCCCNc1ccc([N+](=O)[O-])c2c1NON2.NC=CC(=O)CCCCCNC(=O)[C@H]1O[C@@H](n2cnc3c(N)ncnc32)[C@H](O)[C@@H]1O. The number of ether oxygens (including phenoxy) is 1. The Kier molecular flexibility index (Phi) is 12.8. The summed E-state index contributed by atoms with van der Waals surface area (Å²) in [5.74, 6) is -0.408. The molecule has 0 radical (unpaired) electrons. The van der Waals surface area contributed by atoms with Crippen LogP contribution in [0.15, 0.2) is 37.1 Å². The van der Waals surface area contributed by atoms with Crippen LogP contribution in [0.25, 0.3) is 11.2 Å². The number of nitrogens with zero attached hydrogens (tertiary/aromatic N) is 5. The van der Waals surface area contributed by atoms with Crippen molar-refractivity contribution >= 4 is 51.4 Å². The number of nitro benzene ring substituents is 1. The van der Waals surface area contributed by atoms with Gasteiger partial charge in [0.05, 0.1) is 16.9 Å². The number of amides is 1. The highest BCUT2D eigenvalue weighted by molar-refractivity contribution is 5.90. The molecule has 0 aliphatic carbocycles. The minimum atomic E-state index is -1.42. The van der Waals surface area contributed by atoms with Crippen molar-refractivity contribution in [1.82, 2.24) is 24.8 Å². The number of aromatic nitrogens is 4. The third kappa shape index (κ3) is 8.62. The number of nitrogen functional groups attached to an aromatic ring is 1. The van der Waals surface area contributed by atoms with Gasteiger partial charge in [-0.25, -0.2) is 25.9 Å². The first-order chi connectivity index (χ1) is 23.2. The van der Waals surface area contributed by atoms with Gasteiger partial charge in [-0.1, -0.05) is 26.2 Å². The van der Waals surface area contributed by atoms with E-state index in [0.29, 0.717) is 48.3 Å². The lowest BCUT2D eigenvalue weighted by Crippen LogP contribution is -2.43. The van der Waals surface area contributed by atoms with Crippen molar-refractivity contribution in [2.24, 2.45) is 5.73 Å². The molecule has 2 aliphatic rings. The molecule has 19 nitrogen and oxygen atoms in total. The second-order valence-corrected chi connectivity index (χ2v) is 11.0. The standard InChI is InChI=1S/C18H25N7O5.C11H16N4O3/c19-6-5-10(26)4-2-1-3-7-21-17(29)14-12(27)13(28)18(30-14)25-9-24-11-15(20)22-8-23-16(11)25;1-2-3-4-7-12-8-5-6-9(15(16)17)11-10(8)13-18-14-11/h5-6,8-9,12-14,18,27-28H,1-4,7,19H2,(H,21,29)(H2,20,22,23);5-6,12-14H,2-4,7H2,1H3/t12-,13+,14-,18+;/m0./s1. The quantitative estimate of drug-likeness (QED) is 0.0493. The number of nitro groups is 1. The van der Waals surface area contributed by atoms with Crippen LogP contribution in [-0.4, -0.2) is 77.7 Å². The average molecular weight is 672 g/mol. The van der Waals surface area contributed by atoms with E-state index in [9.17, 15) is 29.9 Å². The predicted molar refractivity (Wildman–Crippen MR) is 175 cm³/mol. The number of allylic oxidation sites excluding steroid dienone is 1. The van der Waals surface area contributed by atoms with Crippen LogP contribution in [0.5, 0.6) is 0 Å². The van der Waals surface area contributed by atoms with Crippen LogP contribution in [0.4, 0.5) is 28.6 Å². The van der Waals surface area contributed by atoms with Crippen molar-refractivity contribution in [2.75, 3.05) is 35.1 Å². The largest absolute Gasteiger partial charge is 0.404 e. The van der Waals surface area contributed by atoms with Crippen LogP contribution in [0.3, 0.4) is 0 Å². The Labute approximate surface area is 275 Å². The molecule has 10 N–H and O–H groups in total. The molecule has 48 heavy (non-hydrogen) atoms. The number of nitrogens with two attached hydrogens (primary N) is 2. The molecular weight excluding hydrogens is 630 g/mol. The highest BCUT2D eigenvalue weighted by Crippen LogP contribution is 2.41. The second-order valence-electron chi connectivity index (χ2n) is 11.0. The summed E-state index contributed by atoms with van der Waals surface area (Å²) >= 11 is 0. The van der Waals surface area contributed by atoms with Gasteiger partial charge in [0.2, 0.25) is 0 Å². The number of anilines is 4. The number of nitrogens with one attached hydrogen (secondary N) is 4. The number of ketones is 1. The van der Waals surface area contributed by atoms with E-state index >= 15 is 0 Å². The van der Waals surface area contributed by atoms with E-state index in [0.717, 1.165) is 37.9 Å². The molecule has 3 aromatic rings. The first-order valence-corrected chi connectivity index (χ1v) is 15.5. The second kappa shape index (κ2) is 17.2. The van der Waals surface area contributed by atoms with Crippen molar-refractivity contribution in [3.63, 3.8) is 0 Å². The number of carbonyl (C=O) groups excluding carboxylic acids is 2. The number of aliphatic hydroxyl groups is 2. The van der Waals surface area contributed by atoms with Gasteiger partial charge >= 0.3 is 0 Å². The molecule has 0 bridgehead atoms. The fourth-order valence-corrected chi connectivity index (χ4v) is 5.09. The maximum atomic E-state index is 12.4. The average Bonchev–Trinajstić information content (AvgIpc) is 3.80. The van der Waals surface area contributed by atoms with E-state index in [-0.39, 0.29) is 17.3 Å². The molecule has 2 aliphatic heterocycles. The Hall–Kier alpha value is -5.11. The lowest BCUT2D eigenvalue weighted by Gasteiger charge is -2.16. The minimum absolute atomic E-state index is 0.00546. The molecule has 4 heterocycles. The number of hydrogen-bond acceptors (Lipinski definition) is 16. The van der Waals surface area contributed by atoms with Crippen LogP contribution in [0, 0.1) is 10.1 Å². The van der Waals surface area contributed by atoms with Crippen LogP contribution < -0.4 is 33.1 Å². The Morgan fingerprint density at radius 1 is 1.08 bits per heavy atom. The van der Waals surface area contributed by atoms with Gasteiger partial charge < -0.3 is 37.1 Å². The fraction of sp³-hybridized carbons (Fsp3) is 0.483. The molecular formula is C29H41N11O8. The molecule has 1 fully saturated rings. The predicted octanol–water partition coefficient (Wildman–Crippen LogP) is 1.63. The van der Waals surface area contributed by atoms with Gasteiger partial charge in [0.25, 0.3) is 11.6 Å². The number of unbranched alkanes of at least 4 members (excludes halogenated alkanes) is 4. The zero-order chi connectivity index (χ0) is 34.6. The fourth-order valence-electron chi connectivity index (χ4n) is 5.09. The zero-order valence-electron chi connectivity index (χ0n) is 26.4. The van der Waals surface area contributed by atoms with Crippen molar-refractivity contribution in [1.29, 1.82) is 0 Å². The molecule has 1 amide bonds. The van der Waals surface area contributed by atoms with Gasteiger partial charge in [0.15, 0.2) is 35.3 Å². The van der Waals surface area contributed by atoms with Crippen LogP contribution in [0.2, 0.25) is 0 Å². The number of benzene rings is 1. The lowest BCUT2D eigenvalue weighted by molar-refractivity contribution is -0.384. The molecule has 4 atom stereocenters. The molecule has 0 saturated carbocycles. The smallest absolute Gasteiger partial charge is 0.297 e. The summed E-state index contributed by atoms with van der Waals surface area (Å²) in [6.07, 6.45) is 5.90. The Balaban J connectivity index is 0.000000246. The molecule has 0 unspecified atom stereocenters. The molecule has 2 aromatic heterocycles. The van der Waals surface area contributed by atoms with Crippen LogP contribution in [0.1, 0.15) is 58.1 Å². The summed E-state index contributed by atoms with van der Waals surface area (Å²) in [4.78, 5) is 51.0. The van der Waals surface area contributed by atoms with Gasteiger partial charge in [-0.05, 0) is 37.6 Å². The summed E-state index contributed by atoms with van der Waals surface area (Å²) in [5.41, 5.74) is 18.4. The topological polar surface area (TPSA) is 280 Å². The third-order valence-corrected chi connectivity index (χ3v) is 7.62. The molecule has 0 spiro atoms. The van der Waals surface area contributed by atoms with Crippen LogP contribution >= 0.6 is 0 Å². The zero-order valence-corrected chi connectivity index (χ0v) is 26.4. The van der Waals surface area contributed by atoms with E-state index in [1.807, 2.05) is 0 Å². The van der Waals surface area contributed by atoms with Crippen molar-refractivity contribution < 1.29 is 34.4 Å². The summed E-state index contributed by atoms with van der Waals surface area (Å²) in [6, 6.07) is 3.15. The minimum Gasteiger partial charge on any atom is -0.404 e. The Morgan fingerprint density at radius 2 is 1.85 bits per heavy atom. The summed E-state index contributed by atoms with van der Waals surface area (Å²) in [6.45, 7) is 3.33. The van der Waals surface area contributed by atoms with E-state index in [4.69, 9.17) is 21.1 Å². The van der Waals surface area contributed by atoms with E-state index in [2.05, 4.69) is 43.5 Å². The van der Waals surface area contributed by atoms with Crippen LogP contribution in [-0.2, 0) is 19.3 Å². The highest BCUT2D eigenvalue weighted by Gasteiger charge is 2.47. The number of carbonyl (C=O) groups is 2. The normalized spacial score (nSPS) is 19.6. The van der Waals surface area contributed by atoms with Crippen molar-refractivity contribution in [3.8, 4) is 0 Å². The van der Waals surface area contributed by atoms with Crippen molar-refractivity contribution in [2.45, 2.75) is 76.4 Å². The molecule has 1 aromatic carbocycles. The number of rotatable bonds is 15. The van der Waals surface area contributed by atoms with Gasteiger partial charge in [-0.2, -0.15) is 4.94 Å². The monoisotopic (exact) mass is 671 g/mol. The van der Waals surface area contributed by atoms with Gasteiger partial charge in [-0.3, -0.25) is 24.3 Å². The molecule has 260 valence electrons. The number of fused-ring (bicyclic) bond motifs is 2. The number of imidazole rings is 1. The third-order valence-electron chi connectivity index (χ3n) is 7.62. The Bertz CT molecular complexity index is 1600. The lowest BCUT2D eigenvalue weighted by atomic mass is 10.1. The van der Waals surface area contributed by atoms with E-state index in [1.165, 1.54) is 35.6 Å². The first kappa shape index (κ1) is 35.7. The molecule has 19 heteroatoms. The van der Waals surface area contributed by atoms with E-state index in [1.54, 1.807) is 6.07 Å². The highest BCUT2D eigenvalue weighted by atomic mass is 16.8. The van der Waals surface area contributed by atoms with E-state index < -0.39 is 35.4 Å². The maximum Gasteiger partial charge on any atom is 0.297 e. The number of aliphatic hydroxyl groups excluding tert-OH is 2. The molecule has 5 rings (SSSR count). The van der Waals surface area contributed by atoms with Gasteiger partial charge in [-0.15, -0.1) is 0 Å². The molecule has 1 saturated heterocycles. The Morgan fingerprint density at radius 3 is 2.60 bits per heavy atom. The van der Waals surface area contributed by atoms with Crippen molar-refractivity contribution in [3.05, 3.63) is 47.2 Å². The van der Waals surface area contributed by atoms with Gasteiger partial charge in [0.1, 0.15) is 29.7 Å². The maximum absolute atomic E-state index is 12.4. The van der Waals surface area contributed by atoms with Gasteiger partial charge in [0, 0.05) is 25.6 Å².